The molecular weight excluding hydrogens is 196 g/mol. The minimum Gasteiger partial charge on any atom is -0.396 e. The lowest BCUT2D eigenvalue weighted by atomic mass is 10.0. The predicted octanol–water partition coefficient (Wildman–Crippen LogP) is 0.705. The van der Waals surface area contributed by atoms with Crippen LogP contribution in [0.25, 0.3) is 0 Å². The van der Waals surface area contributed by atoms with Gasteiger partial charge in [-0.3, -0.25) is 10.1 Å². The van der Waals surface area contributed by atoms with Gasteiger partial charge in [0.2, 0.25) is 0 Å². The van der Waals surface area contributed by atoms with Gasteiger partial charge in [0.05, 0.1) is 4.92 Å². The zero-order valence-corrected chi connectivity index (χ0v) is 8.30. The van der Waals surface area contributed by atoms with Gasteiger partial charge in [0.25, 0.3) is 5.69 Å². The van der Waals surface area contributed by atoms with Crippen LogP contribution in [0.3, 0.4) is 0 Å². The third-order valence-electron chi connectivity index (χ3n) is 2.26. The Bertz CT molecular complexity index is 320. The highest BCUT2D eigenvalue weighted by atomic mass is 16.6. The third kappa shape index (κ3) is 3.30. The van der Waals surface area contributed by atoms with Crippen molar-refractivity contribution in [3.8, 4) is 0 Å². The zero-order chi connectivity index (χ0) is 11.3. The van der Waals surface area contributed by atoms with Crippen LogP contribution in [0, 0.1) is 16.0 Å². The molecule has 0 spiro atoms. The van der Waals surface area contributed by atoms with Gasteiger partial charge < -0.3 is 10.8 Å². The standard InChI is InChI=1S/C10H14N2O3/c11-6-9(7-13)5-8-1-3-10(4-2-8)12(14)15/h1-4,9,13H,5-7,11H2. The first-order chi connectivity index (χ1) is 7.17. The molecule has 0 saturated carbocycles. The van der Waals surface area contributed by atoms with Crippen molar-refractivity contribution >= 4 is 5.69 Å². The molecule has 15 heavy (non-hydrogen) atoms. The van der Waals surface area contributed by atoms with Crippen LogP contribution in [0.15, 0.2) is 24.3 Å². The fourth-order valence-corrected chi connectivity index (χ4v) is 1.31. The number of hydrogen-bond donors (Lipinski definition) is 2. The Balaban J connectivity index is 2.67. The first-order valence-corrected chi connectivity index (χ1v) is 4.71. The fourth-order valence-electron chi connectivity index (χ4n) is 1.31. The summed E-state index contributed by atoms with van der Waals surface area (Å²) in [5.74, 6) is 0.0199. The number of nitro groups is 1. The number of benzene rings is 1. The molecule has 0 aliphatic rings. The van der Waals surface area contributed by atoms with Gasteiger partial charge in [-0.25, -0.2) is 0 Å². The van der Waals surface area contributed by atoms with E-state index in [2.05, 4.69) is 0 Å². The van der Waals surface area contributed by atoms with E-state index >= 15 is 0 Å². The van der Waals surface area contributed by atoms with Crippen molar-refractivity contribution in [2.24, 2.45) is 11.7 Å². The molecule has 1 unspecified atom stereocenters. The first kappa shape index (κ1) is 11.6. The minimum absolute atomic E-state index is 0.0199. The number of hydrogen-bond acceptors (Lipinski definition) is 4. The summed E-state index contributed by atoms with van der Waals surface area (Å²) in [5.41, 5.74) is 6.47. The molecule has 0 aliphatic heterocycles. The summed E-state index contributed by atoms with van der Waals surface area (Å²) < 4.78 is 0. The number of nitro benzene ring substituents is 1. The quantitative estimate of drug-likeness (QED) is 0.553. The summed E-state index contributed by atoms with van der Waals surface area (Å²) in [5, 5.41) is 19.3. The van der Waals surface area contributed by atoms with Crippen LogP contribution in [-0.4, -0.2) is 23.2 Å². The van der Waals surface area contributed by atoms with Crippen LogP contribution in [0.1, 0.15) is 5.56 Å². The molecule has 0 bridgehead atoms. The molecule has 0 radical (unpaired) electrons. The Morgan fingerprint density at radius 1 is 1.40 bits per heavy atom. The van der Waals surface area contributed by atoms with Gasteiger partial charge in [0, 0.05) is 18.7 Å². The topological polar surface area (TPSA) is 89.4 Å². The van der Waals surface area contributed by atoms with Gasteiger partial charge in [0.1, 0.15) is 0 Å². The van der Waals surface area contributed by atoms with E-state index in [-0.39, 0.29) is 18.2 Å². The van der Waals surface area contributed by atoms with E-state index in [4.69, 9.17) is 10.8 Å². The summed E-state index contributed by atoms with van der Waals surface area (Å²) in [6.45, 7) is 0.445. The van der Waals surface area contributed by atoms with Gasteiger partial charge >= 0.3 is 0 Å². The van der Waals surface area contributed by atoms with Gasteiger partial charge in [-0.05, 0) is 24.4 Å². The highest BCUT2D eigenvalue weighted by molar-refractivity contribution is 5.33. The number of non-ortho nitro benzene ring substituents is 1. The van der Waals surface area contributed by atoms with Crippen LogP contribution in [0.5, 0.6) is 0 Å². The van der Waals surface area contributed by atoms with E-state index in [0.29, 0.717) is 13.0 Å². The molecule has 0 fully saturated rings. The maximum Gasteiger partial charge on any atom is 0.269 e. The second-order valence-corrected chi connectivity index (χ2v) is 3.41. The van der Waals surface area contributed by atoms with Crippen molar-refractivity contribution in [2.45, 2.75) is 6.42 Å². The molecule has 0 heterocycles. The first-order valence-electron chi connectivity index (χ1n) is 4.71. The number of nitrogens with two attached hydrogens (primary N) is 1. The van der Waals surface area contributed by atoms with Gasteiger partial charge in [-0.15, -0.1) is 0 Å². The van der Waals surface area contributed by atoms with E-state index in [1.807, 2.05) is 0 Å². The Morgan fingerprint density at radius 2 is 2.00 bits per heavy atom. The molecule has 1 atom stereocenters. The lowest BCUT2D eigenvalue weighted by molar-refractivity contribution is -0.384. The summed E-state index contributed by atoms with van der Waals surface area (Å²) in [6, 6.07) is 6.30. The lowest BCUT2D eigenvalue weighted by Gasteiger charge is -2.10. The van der Waals surface area contributed by atoms with Crippen LogP contribution in [-0.2, 0) is 6.42 Å². The molecule has 82 valence electrons. The summed E-state index contributed by atoms with van der Waals surface area (Å²) in [7, 11) is 0. The van der Waals surface area contributed by atoms with Crippen LogP contribution < -0.4 is 5.73 Å². The van der Waals surface area contributed by atoms with Crippen molar-refractivity contribution in [3.05, 3.63) is 39.9 Å². The minimum atomic E-state index is -0.434. The van der Waals surface area contributed by atoms with Crippen LogP contribution in [0.4, 0.5) is 5.69 Å². The Morgan fingerprint density at radius 3 is 2.40 bits per heavy atom. The highest BCUT2D eigenvalue weighted by Crippen LogP contribution is 2.14. The summed E-state index contributed by atoms with van der Waals surface area (Å²) >= 11 is 0. The summed E-state index contributed by atoms with van der Waals surface area (Å²) in [4.78, 5) is 9.96. The van der Waals surface area contributed by atoms with E-state index in [1.54, 1.807) is 12.1 Å². The second kappa shape index (κ2) is 5.43. The van der Waals surface area contributed by atoms with E-state index < -0.39 is 4.92 Å². The molecule has 5 heteroatoms. The maximum absolute atomic E-state index is 10.4. The van der Waals surface area contributed by atoms with Crippen molar-refractivity contribution in [3.63, 3.8) is 0 Å². The van der Waals surface area contributed by atoms with Crippen molar-refractivity contribution in [1.29, 1.82) is 0 Å². The molecule has 1 rings (SSSR count). The average molecular weight is 210 g/mol. The SMILES string of the molecule is NCC(CO)Cc1ccc([N+](=O)[O-])cc1. The molecule has 0 aliphatic carbocycles. The molecule has 1 aromatic rings. The smallest absolute Gasteiger partial charge is 0.269 e. The lowest BCUT2D eigenvalue weighted by Crippen LogP contribution is -2.20. The van der Waals surface area contributed by atoms with Crippen molar-refractivity contribution < 1.29 is 10.0 Å². The third-order valence-corrected chi connectivity index (χ3v) is 2.26. The normalized spacial score (nSPS) is 12.4. The number of aliphatic hydroxyl groups is 1. The molecule has 1 aromatic carbocycles. The largest absolute Gasteiger partial charge is 0.396 e. The van der Waals surface area contributed by atoms with Crippen LogP contribution >= 0.6 is 0 Å². The van der Waals surface area contributed by atoms with Gasteiger partial charge in [-0.2, -0.15) is 0 Å². The van der Waals surface area contributed by atoms with E-state index in [1.165, 1.54) is 12.1 Å². The van der Waals surface area contributed by atoms with Crippen molar-refractivity contribution in [1.82, 2.24) is 0 Å². The molecule has 0 saturated heterocycles. The van der Waals surface area contributed by atoms with E-state index in [9.17, 15) is 10.1 Å². The van der Waals surface area contributed by atoms with Gasteiger partial charge in [0.15, 0.2) is 0 Å². The van der Waals surface area contributed by atoms with E-state index in [0.717, 1.165) is 5.56 Å². The molecule has 0 aromatic heterocycles. The zero-order valence-electron chi connectivity index (χ0n) is 8.30. The summed E-state index contributed by atoms with van der Waals surface area (Å²) in [6.07, 6.45) is 0.644. The van der Waals surface area contributed by atoms with Crippen molar-refractivity contribution in [2.75, 3.05) is 13.2 Å². The number of nitrogens with zero attached hydrogens (tertiary/aromatic N) is 1. The highest BCUT2D eigenvalue weighted by Gasteiger charge is 2.08. The maximum atomic E-state index is 10.4. The molecular formula is C10H14N2O3. The second-order valence-electron chi connectivity index (χ2n) is 3.41. The van der Waals surface area contributed by atoms with Crippen LogP contribution in [0.2, 0.25) is 0 Å². The Labute approximate surface area is 87.7 Å². The molecule has 0 amide bonds. The fraction of sp³-hybridized carbons (Fsp3) is 0.400. The van der Waals surface area contributed by atoms with Gasteiger partial charge in [-0.1, -0.05) is 12.1 Å². The Kier molecular flexibility index (Phi) is 4.20. The number of rotatable bonds is 5. The number of aliphatic hydroxyl groups excluding tert-OH is 1. The molecule has 5 nitrogen and oxygen atoms in total. The monoisotopic (exact) mass is 210 g/mol. The predicted molar refractivity (Wildman–Crippen MR) is 56.4 cm³/mol. The average Bonchev–Trinajstić information content (AvgIpc) is 2.26. The molecule has 3 N–H and O–H groups in total. The Hall–Kier alpha value is -1.46.